The Hall–Kier alpha value is -2.93. The molecule has 0 saturated carbocycles. The van der Waals surface area contributed by atoms with Gasteiger partial charge in [-0.25, -0.2) is 4.79 Å². The van der Waals surface area contributed by atoms with E-state index in [-0.39, 0.29) is 10.9 Å². The molecule has 0 saturated heterocycles. The van der Waals surface area contributed by atoms with Crippen molar-refractivity contribution >= 4 is 41.0 Å². The van der Waals surface area contributed by atoms with Crippen LogP contribution in [-0.4, -0.2) is 22.1 Å². The van der Waals surface area contributed by atoms with Crippen LogP contribution in [0.25, 0.3) is 6.08 Å². The zero-order chi connectivity index (χ0) is 15.9. The second-order valence-electron chi connectivity index (χ2n) is 4.18. The molecule has 0 fully saturated rings. The third kappa shape index (κ3) is 4.57. The predicted octanol–water partition coefficient (Wildman–Crippen LogP) is 2.50. The highest BCUT2D eigenvalue weighted by atomic mass is 32.1. The maximum absolute atomic E-state index is 11.7. The lowest BCUT2D eigenvalue weighted by molar-refractivity contribution is -0.131. The largest absolute Gasteiger partial charge is 0.478 e. The Morgan fingerprint density at radius 2 is 2.05 bits per heavy atom. The quantitative estimate of drug-likeness (QED) is 0.593. The molecule has 2 rings (SSSR count). The Morgan fingerprint density at radius 1 is 1.23 bits per heavy atom. The van der Waals surface area contributed by atoms with Gasteiger partial charge in [0, 0.05) is 11.8 Å². The fourth-order valence-electron chi connectivity index (χ4n) is 1.62. The van der Waals surface area contributed by atoms with Crippen molar-refractivity contribution in [1.29, 1.82) is 0 Å². The summed E-state index contributed by atoms with van der Waals surface area (Å²) in [5.41, 5.74) is 1.31. The lowest BCUT2D eigenvalue weighted by Gasteiger charge is -2.09. The molecule has 0 aliphatic rings. The van der Waals surface area contributed by atoms with E-state index in [0.717, 1.165) is 6.08 Å². The Kier molecular flexibility index (Phi) is 5.05. The molecule has 0 aliphatic carbocycles. The van der Waals surface area contributed by atoms with Crippen LogP contribution in [0.3, 0.4) is 0 Å². The molecule has 0 radical (unpaired) electrons. The maximum Gasteiger partial charge on any atom is 0.328 e. The monoisotopic (exact) mass is 316 g/mol. The number of carbonyl (C=O) groups excluding carboxylic acids is 1. The first-order valence-electron chi connectivity index (χ1n) is 6.21. The van der Waals surface area contributed by atoms with Gasteiger partial charge in [0.15, 0.2) is 10.9 Å². The molecule has 0 aliphatic heterocycles. The van der Waals surface area contributed by atoms with Crippen LogP contribution in [0, 0.1) is 0 Å². The minimum atomic E-state index is -1.03. The number of hydrogen-bond acceptors (Lipinski definition) is 4. The highest BCUT2D eigenvalue weighted by Crippen LogP contribution is 2.12. The van der Waals surface area contributed by atoms with Crippen molar-refractivity contribution in [2.75, 3.05) is 5.32 Å². The Labute approximate surface area is 131 Å². The van der Waals surface area contributed by atoms with Gasteiger partial charge in [0.1, 0.15) is 0 Å². The van der Waals surface area contributed by atoms with Gasteiger partial charge in [-0.1, -0.05) is 12.1 Å². The van der Waals surface area contributed by atoms with Gasteiger partial charge >= 0.3 is 5.97 Å². The lowest BCUT2D eigenvalue weighted by Crippen LogP contribution is -2.33. The molecule has 7 heteroatoms. The number of thiocarbonyl (C=S) groups is 1. The number of carboxylic acid groups (broad SMARTS) is 1. The van der Waals surface area contributed by atoms with E-state index < -0.39 is 11.9 Å². The van der Waals surface area contributed by atoms with E-state index in [9.17, 15) is 9.59 Å². The molecule has 0 spiro atoms. The number of carboxylic acids is 1. The molecule has 0 bridgehead atoms. The average Bonchev–Trinajstić information content (AvgIpc) is 2.99. The van der Waals surface area contributed by atoms with Gasteiger partial charge in [-0.05, 0) is 48.1 Å². The minimum absolute atomic E-state index is 0.112. The van der Waals surface area contributed by atoms with Gasteiger partial charge in [0.25, 0.3) is 5.91 Å². The maximum atomic E-state index is 11.7. The van der Waals surface area contributed by atoms with Crippen LogP contribution < -0.4 is 10.6 Å². The van der Waals surface area contributed by atoms with Gasteiger partial charge < -0.3 is 14.8 Å². The summed E-state index contributed by atoms with van der Waals surface area (Å²) in [7, 11) is 0. The molecule has 1 aromatic carbocycles. The van der Waals surface area contributed by atoms with Crippen LogP contribution in [0.4, 0.5) is 5.69 Å². The molecule has 3 N–H and O–H groups in total. The van der Waals surface area contributed by atoms with Crippen LogP contribution >= 0.6 is 12.2 Å². The smallest absolute Gasteiger partial charge is 0.328 e. The van der Waals surface area contributed by atoms with E-state index in [1.165, 1.54) is 18.4 Å². The molecule has 0 unspecified atom stereocenters. The number of hydrogen-bond donors (Lipinski definition) is 3. The highest BCUT2D eigenvalue weighted by Gasteiger charge is 2.10. The van der Waals surface area contributed by atoms with E-state index in [4.69, 9.17) is 21.7 Å². The summed E-state index contributed by atoms with van der Waals surface area (Å²) in [6.07, 6.45) is 3.89. The number of benzene rings is 1. The normalized spacial score (nSPS) is 10.4. The fraction of sp³-hybridized carbons (Fsp3) is 0. The van der Waals surface area contributed by atoms with E-state index in [1.54, 1.807) is 30.3 Å². The predicted molar refractivity (Wildman–Crippen MR) is 85.5 cm³/mol. The highest BCUT2D eigenvalue weighted by molar-refractivity contribution is 7.80. The van der Waals surface area contributed by atoms with Gasteiger partial charge in [-0.15, -0.1) is 0 Å². The number of furan rings is 1. The fourth-order valence-corrected chi connectivity index (χ4v) is 1.83. The van der Waals surface area contributed by atoms with E-state index in [0.29, 0.717) is 11.3 Å². The molecule has 0 atom stereocenters. The van der Waals surface area contributed by atoms with Crippen molar-refractivity contribution in [2.45, 2.75) is 0 Å². The molecule has 1 amide bonds. The lowest BCUT2D eigenvalue weighted by atomic mass is 10.2. The van der Waals surface area contributed by atoms with Crippen LogP contribution in [0.15, 0.2) is 53.2 Å². The van der Waals surface area contributed by atoms with Crippen LogP contribution in [0.5, 0.6) is 0 Å². The number of carbonyl (C=O) groups is 2. The van der Waals surface area contributed by atoms with Gasteiger partial charge in [-0.2, -0.15) is 0 Å². The molecular weight excluding hydrogens is 304 g/mol. The summed E-state index contributed by atoms with van der Waals surface area (Å²) in [5, 5.41) is 14.0. The molecule has 112 valence electrons. The second kappa shape index (κ2) is 7.19. The van der Waals surface area contributed by atoms with E-state index in [2.05, 4.69) is 10.6 Å². The Bertz CT molecular complexity index is 723. The van der Waals surface area contributed by atoms with Gasteiger partial charge in [-0.3, -0.25) is 10.1 Å². The number of nitrogens with one attached hydrogen (secondary N) is 2. The summed E-state index contributed by atoms with van der Waals surface area (Å²) in [6, 6.07) is 10.0. The molecule has 22 heavy (non-hydrogen) atoms. The van der Waals surface area contributed by atoms with Gasteiger partial charge in [0.05, 0.1) is 6.26 Å². The third-order valence-electron chi connectivity index (χ3n) is 2.53. The van der Waals surface area contributed by atoms with Crippen molar-refractivity contribution in [2.24, 2.45) is 0 Å². The first-order valence-corrected chi connectivity index (χ1v) is 6.62. The Balaban J connectivity index is 1.98. The van der Waals surface area contributed by atoms with Crippen molar-refractivity contribution in [3.8, 4) is 0 Å². The standard InChI is InChI=1S/C15H12N2O4S/c18-13(19)7-6-10-3-1-4-11(9-10)16-15(22)17-14(20)12-5-2-8-21-12/h1-9H,(H,18,19)(H2,16,17,20,22)/b7-6+. The summed E-state index contributed by atoms with van der Waals surface area (Å²) in [4.78, 5) is 22.2. The summed E-state index contributed by atoms with van der Waals surface area (Å²) in [5.74, 6) is -1.33. The van der Waals surface area contributed by atoms with Crippen molar-refractivity contribution in [3.05, 3.63) is 60.1 Å². The van der Waals surface area contributed by atoms with Crippen molar-refractivity contribution in [1.82, 2.24) is 5.32 Å². The van der Waals surface area contributed by atoms with E-state index >= 15 is 0 Å². The van der Waals surface area contributed by atoms with Crippen molar-refractivity contribution in [3.63, 3.8) is 0 Å². The third-order valence-corrected chi connectivity index (χ3v) is 2.74. The minimum Gasteiger partial charge on any atom is -0.478 e. The van der Waals surface area contributed by atoms with Crippen molar-refractivity contribution < 1.29 is 19.1 Å². The molecule has 6 nitrogen and oxygen atoms in total. The zero-order valence-corrected chi connectivity index (χ0v) is 12.1. The van der Waals surface area contributed by atoms with Crippen LogP contribution in [-0.2, 0) is 4.79 Å². The summed E-state index contributed by atoms with van der Waals surface area (Å²) < 4.78 is 4.96. The summed E-state index contributed by atoms with van der Waals surface area (Å²) in [6.45, 7) is 0. The number of aliphatic carboxylic acids is 1. The van der Waals surface area contributed by atoms with Crippen LogP contribution in [0.2, 0.25) is 0 Å². The molecule has 2 aromatic rings. The number of amides is 1. The number of anilines is 1. The topological polar surface area (TPSA) is 91.6 Å². The van der Waals surface area contributed by atoms with E-state index in [1.807, 2.05) is 0 Å². The summed E-state index contributed by atoms with van der Waals surface area (Å²) >= 11 is 5.04. The second-order valence-corrected chi connectivity index (χ2v) is 4.59. The van der Waals surface area contributed by atoms with Gasteiger partial charge in [0.2, 0.25) is 0 Å². The number of rotatable bonds is 4. The molecular formula is C15H12N2O4S. The zero-order valence-electron chi connectivity index (χ0n) is 11.3. The van der Waals surface area contributed by atoms with Crippen LogP contribution in [0.1, 0.15) is 16.1 Å². The molecule has 1 heterocycles. The first-order chi connectivity index (χ1) is 10.5. The average molecular weight is 316 g/mol. The molecule has 1 aromatic heterocycles. The Morgan fingerprint density at radius 3 is 2.73 bits per heavy atom. The first kappa shape index (κ1) is 15.5. The SMILES string of the molecule is O=C(O)/C=C/c1cccc(NC(=S)NC(=O)c2ccco2)c1.